The number of aryl methyl sites for hydroxylation is 1. The zero-order valence-corrected chi connectivity index (χ0v) is 39.1. The second kappa shape index (κ2) is 17.9. The second-order valence-corrected chi connectivity index (χ2v) is 22.0. The van der Waals surface area contributed by atoms with Gasteiger partial charge >= 0.3 is 0 Å². The number of ether oxygens (including phenoxy) is 1. The maximum Gasteiger partial charge on any atom is 0.160 e. The molecule has 7 N–H and O–H groups in total. The van der Waals surface area contributed by atoms with Gasteiger partial charge in [-0.2, -0.15) is 0 Å². The summed E-state index contributed by atoms with van der Waals surface area (Å²) >= 11 is 0. The number of carbonyl (C=O) groups is 2. The molecule has 1 saturated heterocycles. The molecule has 2 heterocycles. The number of rotatable bonds is 9. The Hall–Kier alpha value is -4.88. The highest BCUT2D eigenvalue weighted by atomic mass is 16.5. The predicted molar refractivity (Wildman–Crippen MR) is 261 cm³/mol. The van der Waals surface area contributed by atoms with Crippen LogP contribution in [-0.2, 0) is 16.0 Å². The van der Waals surface area contributed by atoms with E-state index in [1.807, 2.05) is 24.3 Å². The minimum Gasteiger partial charge on any atom is -0.504 e. The maximum atomic E-state index is 14.8. The fourth-order valence-electron chi connectivity index (χ4n) is 15.9. The van der Waals surface area contributed by atoms with Gasteiger partial charge in [0.2, 0.25) is 0 Å². The number of benzene rings is 3. The quantitative estimate of drug-likeness (QED) is 0.0917. The summed E-state index contributed by atoms with van der Waals surface area (Å²) in [5.41, 5.74) is 9.24. The monoisotopic (exact) mass is 904 g/mol. The normalized spacial score (nSPS) is 36.3. The van der Waals surface area contributed by atoms with E-state index in [0.29, 0.717) is 116 Å². The molecule has 5 fully saturated rings. The topological polar surface area (TPSA) is 154 Å². The van der Waals surface area contributed by atoms with E-state index in [9.17, 15) is 24.9 Å². The van der Waals surface area contributed by atoms with E-state index in [1.165, 1.54) is 32.8 Å². The van der Waals surface area contributed by atoms with E-state index in [1.54, 1.807) is 6.07 Å². The van der Waals surface area contributed by atoms with Crippen LogP contribution in [0.3, 0.4) is 0 Å². The predicted octanol–water partition coefficient (Wildman–Crippen LogP) is 8.51. The molecule has 6 aliphatic carbocycles. The van der Waals surface area contributed by atoms with Crippen molar-refractivity contribution in [3.05, 3.63) is 107 Å². The summed E-state index contributed by atoms with van der Waals surface area (Å²) in [6, 6.07) is 18.7. The lowest BCUT2D eigenvalue weighted by Gasteiger charge is -2.65. The van der Waals surface area contributed by atoms with E-state index in [2.05, 4.69) is 71.0 Å². The Bertz CT molecular complexity index is 2590. The largest absolute Gasteiger partial charge is 0.504 e. The van der Waals surface area contributed by atoms with Crippen molar-refractivity contribution < 1.29 is 29.6 Å². The summed E-state index contributed by atoms with van der Waals surface area (Å²) in [5, 5.41) is 45.2. The number of carbonyl (C=O) groups excluding carboxylic acids is 2. The molecule has 0 radical (unpaired) electrons. The van der Waals surface area contributed by atoms with Crippen LogP contribution in [0.5, 0.6) is 11.5 Å². The molecule has 14 unspecified atom stereocenters. The number of nitrogens with one attached hydrogen (secondary N) is 2. The van der Waals surface area contributed by atoms with Crippen molar-refractivity contribution in [2.75, 3.05) is 20.2 Å². The molecule has 352 valence electrons. The van der Waals surface area contributed by atoms with Crippen LogP contribution in [0.15, 0.2) is 90.3 Å². The number of aromatic hydroxyl groups is 1. The van der Waals surface area contributed by atoms with Crippen molar-refractivity contribution in [2.24, 2.45) is 58.0 Å². The first-order chi connectivity index (χ1) is 32.5. The number of ketones is 2. The Morgan fingerprint density at radius 3 is 2.67 bits per heavy atom. The average Bonchev–Trinajstić information content (AvgIpc) is 3.77. The molecule has 8 aliphatic rings. The lowest BCUT2D eigenvalue weighted by molar-refractivity contribution is -0.154. The number of hydrogen-bond donors (Lipinski definition) is 6. The summed E-state index contributed by atoms with van der Waals surface area (Å²) in [5.74, 6) is 11.6. The van der Waals surface area contributed by atoms with Gasteiger partial charge in [-0.25, -0.2) is 0 Å². The third kappa shape index (κ3) is 7.84. The van der Waals surface area contributed by atoms with Gasteiger partial charge in [0, 0.05) is 43.7 Å². The highest BCUT2D eigenvalue weighted by Gasteiger charge is 2.65. The fourth-order valence-corrected chi connectivity index (χ4v) is 15.9. The Kier molecular flexibility index (Phi) is 11.9. The number of phenols is 1. The van der Waals surface area contributed by atoms with Gasteiger partial charge in [-0.05, 0) is 175 Å². The van der Waals surface area contributed by atoms with E-state index in [0.717, 1.165) is 58.8 Å². The van der Waals surface area contributed by atoms with Gasteiger partial charge in [-0.1, -0.05) is 79.0 Å². The van der Waals surface area contributed by atoms with E-state index >= 15 is 0 Å². The SMILES string of the molecule is COc1cc2c(cc1O)C(CCC(O)CC(C1=CCNC(N)=C1)c1ccc3ccccc3c1)C#CC1(CCC(C3C4C=CC5CCCC53C3CNC5CC(=O)CCC5C3C4)CC1O)C(=O)CC2. The average molecular weight is 904 g/mol. The molecule has 4 saturated carbocycles. The zero-order valence-electron chi connectivity index (χ0n) is 39.1. The third-order valence-corrected chi connectivity index (χ3v) is 18.9. The minimum absolute atomic E-state index is 0.000463. The number of phenolic OH excluding ortho intramolecular Hbond substituents is 1. The number of dihydropyridines is 1. The number of piperidine rings is 1. The van der Waals surface area contributed by atoms with Gasteiger partial charge in [-0.3, -0.25) is 9.59 Å². The van der Waals surface area contributed by atoms with Crippen molar-refractivity contribution in [3.63, 3.8) is 0 Å². The first kappa shape index (κ1) is 44.6. The van der Waals surface area contributed by atoms with Gasteiger partial charge in [0.15, 0.2) is 17.3 Å². The molecular weight excluding hydrogens is 835 g/mol. The van der Waals surface area contributed by atoms with Crippen LogP contribution in [0, 0.1) is 64.1 Å². The van der Waals surface area contributed by atoms with E-state index < -0.39 is 23.5 Å². The Labute approximate surface area is 396 Å². The lowest BCUT2D eigenvalue weighted by atomic mass is 9.41. The molecule has 2 bridgehead atoms. The van der Waals surface area contributed by atoms with Crippen LogP contribution in [0.25, 0.3) is 10.8 Å². The molecule has 9 nitrogen and oxygen atoms in total. The maximum absolute atomic E-state index is 14.8. The number of allylic oxidation sites excluding steroid dienone is 4. The molecular formula is C58H69N3O6. The second-order valence-electron chi connectivity index (χ2n) is 22.0. The molecule has 14 atom stereocenters. The zero-order chi connectivity index (χ0) is 46.0. The number of fused-ring (bicyclic) bond motifs is 6. The van der Waals surface area contributed by atoms with Gasteiger partial charge in [0.25, 0.3) is 0 Å². The van der Waals surface area contributed by atoms with Crippen LogP contribution in [0.1, 0.15) is 118 Å². The molecule has 0 aromatic heterocycles. The minimum atomic E-state index is -1.18. The summed E-state index contributed by atoms with van der Waals surface area (Å²) in [4.78, 5) is 27.3. The molecule has 0 amide bonds. The molecule has 3 aromatic rings. The van der Waals surface area contributed by atoms with Crippen molar-refractivity contribution >= 4 is 22.3 Å². The highest BCUT2D eigenvalue weighted by Crippen LogP contribution is 2.69. The third-order valence-electron chi connectivity index (χ3n) is 18.9. The first-order valence-electron chi connectivity index (χ1n) is 25.7. The molecule has 9 heteroatoms. The Morgan fingerprint density at radius 2 is 1.84 bits per heavy atom. The van der Waals surface area contributed by atoms with E-state index in [-0.39, 0.29) is 29.3 Å². The van der Waals surface area contributed by atoms with E-state index in [4.69, 9.17) is 10.5 Å². The van der Waals surface area contributed by atoms with Crippen molar-refractivity contribution in [1.82, 2.24) is 10.6 Å². The number of aliphatic hydroxyl groups is 2. The number of hydrogen-bond acceptors (Lipinski definition) is 9. The van der Waals surface area contributed by atoms with Crippen LogP contribution in [-0.4, -0.2) is 65.3 Å². The Balaban J connectivity index is 0.869. The van der Waals surface area contributed by atoms with Gasteiger partial charge in [0.1, 0.15) is 11.2 Å². The van der Waals surface area contributed by atoms with Crippen LogP contribution in [0.4, 0.5) is 0 Å². The molecule has 2 aliphatic heterocycles. The molecule has 2 spiro atoms. The molecule has 11 rings (SSSR count). The van der Waals surface area contributed by atoms with Crippen LogP contribution >= 0.6 is 0 Å². The van der Waals surface area contributed by atoms with Gasteiger partial charge < -0.3 is 36.4 Å². The summed E-state index contributed by atoms with van der Waals surface area (Å²) in [7, 11) is 1.54. The molecule has 3 aromatic carbocycles. The van der Waals surface area contributed by atoms with Crippen molar-refractivity contribution in [1.29, 1.82) is 0 Å². The van der Waals surface area contributed by atoms with Crippen LogP contribution in [0.2, 0.25) is 0 Å². The number of aliphatic hydroxyl groups excluding tert-OH is 2. The summed E-state index contributed by atoms with van der Waals surface area (Å²) in [6.07, 6.45) is 19.0. The van der Waals surface area contributed by atoms with Gasteiger partial charge in [0.05, 0.1) is 25.1 Å². The summed E-state index contributed by atoms with van der Waals surface area (Å²) < 4.78 is 5.58. The highest BCUT2D eigenvalue weighted by molar-refractivity contribution is 5.89. The van der Waals surface area contributed by atoms with Crippen molar-refractivity contribution in [3.8, 4) is 23.3 Å². The van der Waals surface area contributed by atoms with Crippen LogP contribution < -0.4 is 21.1 Å². The number of nitrogens with two attached hydrogens (primary N) is 1. The number of Topliss-reactive ketones (excluding diaryl/α,β-unsaturated/α-hetero) is 2. The number of methoxy groups -OCH3 is 1. The lowest BCUT2D eigenvalue weighted by Crippen LogP contribution is -2.65. The fraction of sp³-hybridized carbons (Fsp3) is 0.552. The Morgan fingerprint density at radius 1 is 0.970 bits per heavy atom. The van der Waals surface area contributed by atoms with Crippen molar-refractivity contribution in [2.45, 2.75) is 126 Å². The molecule has 67 heavy (non-hydrogen) atoms. The summed E-state index contributed by atoms with van der Waals surface area (Å²) in [6.45, 7) is 1.60. The smallest absolute Gasteiger partial charge is 0.160 e. The van der Waals surface area contributed by atoms with Gasteiger partial charge in [-0.15, -0.1) is 0 Å². The first-order valence-corrected chi connectivity index (χ1v) is 25.7. The standard InChI is InChI=1S/C58H69N3O6/c1-67-52-27-38-12-17-53(65)57(23-19-41(28-54(57)66)56-40-10-13-42-7-4-21-58(42,56)49-33-61-50-31-44(63)15-16-45(50)48(49)26-40)22-18-35(47(38)32-51(52)64)11-14-43(62)30-46(39-20-24-60-55(59)29-39)37-9-8-34-5-2-3-6-36(34)25-37/h2-3,5-6,8-10,13,20,25,27,29,32,35,40-43,45-46,48-50,54,56,60-62,64,66H,4,7,11-12,14-17,19,21,23-24,26,28,30-31,33,59H2,1H3.